The maximum atomic E-state index is 12.2. The first-order valence-corrected chi connectivity index (χ1v) is 6.98. The van der Waals surface area contributed by atoms with Crippen molar-refractivity contribution in [2.45, 2.75) is 44.1 Å². The number of esters is 1. The first-order valence-electron chi connectivity index (χ1n) is 6.98. The van der Waals surface area contributed by atoms with E-state index in [1.165, 1.54) is 0 Å². The second kappa shape index (κ2) is 8.40. The molecule has 1 rings (SSSR count). The Hall–Kier alpha value is -1.78. The van der Waals surface area contributed by atoms with Crippen molar-refractivity contribution in [2.24, 2.45) is 0 Å². The molecule has 5 heteroatoms. The summed E-state index contributed by atoms with van der Waals surface area (Å²) in [6.45, 7) is 7.67. The van der Waals surface area contributed by atoms with Gasteiger partial charge in [-0.3, -0.25) is 0 Å². The molecule has 0 bridgehead atoms. The van der Waals surface area contributed by atoms with Gasteiger partial charge in [0.15, 0.2) is 0 Å². The molecule has 20 heavy (non-hydrogen) atoms. The lowest BCUT2D eigenvalue weighted by Gasteiger charge is -2.27. The highest BCUT2D eigenvalue weighted by Gasteiger charge is 2.44. The molecule has 112 valence electrons. The smallest absolute Gasteiger partial charge is 0.408 e. The van der Waals surface area contributed by atoms with Crippen LogP contribution in [0.2, 0.25) is 0 Å². The summed E-state index contributed by atoms with van der Waals surface area (Å²) in [4.78, 5) is 23.9. The third-order valence-electron chi connectivity index (χ3n) is 3.30. The quantitative estimate of drug-likeness (QED) is 0.422. The van der Waals surface area contributed by atoms with Crippen LogP contribution in [-0.2, 0) is 14.3 Å². The zero-order valence-electron chi connectivity index (χ0n) is 11.9. The Morgan fingerprint density at radius 2 is 1.60 bits per heavy atom. The van der Waals surface area contributed by atoms with E-state index in [1.54, 1.807) is 12.2 Å². The van der Waals surface area contributed by atoms with Crippen LogP contribution in [-0.4, -0.2) is 30.8 Å². The first-order chi connectivity index (χ1) is 9.64. The molecule has 0 atom stereocenters. The van der Waals surface area contributed by atoms with E-state index in [0.717, 1.165) is 12.8 Å². The second-order valence-electron chi connectivity index (χ2n) is 4.84. The molecular formula is C15H23NO4. The molecule has 1 fully saturated rings. The number of hydrogen-bond acceptors (Lipinski definition) is 4. The molecule has 1 amide bonds. The lowest BCUT2D eigenvalue weighted by Crippen LogP contribution is -2.53. The van der Waals surface area contributed by atoms with Crippen LogP contribution in [0.15, 0.2) is 25.3 Å². The van der Waals surface area contributed by atoms with Crippen molar-refractivity contribution >= 4 is 12.1 Å². The molecule has 0 aromatic rings. The third-order valence-corrected chi connectivity index (χ3v) is 3.30. The van der Waals surface area contributed by atoms with Gasteiger partial charge in [0.1, 0.15) is 5.54 Å². The number of alkyl carbamates (subject to hydrolysis) is 1. The van der Waals surface area contributed by atoms with Gasteiger partial charge in [0.2, 0.25) is 0 Å². The van der Waals surface area contributed by atoms with Crippen LogP contribution in [0.4, 0.5) is 4.79 Å². The van der Waals surface area contributed by atoms with Crippen LogP contribution in [0.1, 0.15) is 38.5 Å². The van der Waals surface area contributed by atoms with Crippen LogP contribution < -0.4 is 5.32 Å². The van der Waals surface area contributed by atoms with E-state index in [-0.39, 0.29) is 19.2 Å². The Morgan fingerprint density at radius 3 is 2.15 bits per heavy atom. The molecule has 1 aliphatic rings. The standard InChI is InChI=1S/C15H23NO4/c1-3-5-11-19-13(17)15(9-7-8-10-15)16-14(18)20-12-6-4-2/h3-4H,1-2,5-12H2,(H,16,18). The number of carbonyl (C=O) groups excluding carboxylic acids is 2. The SMILES string of the molecule is C=CCCOC(=O)NC1(C(=O)OCCC=C)CCCC1. The molecule has 0 radical (unpaired) electrons. The number of ether oxygens (including phenoxy) is 2. The minimum Gasteiger partial charge on any atom is -0.464 e. The van der Waals surface area contributed by atoms with Gasteiger partial charge in [-0.25, -0.2) is 9.59 Å². The summed E-state index contributed by atoms with van der Waals surface area (Å²) in [5.74, 6) is -0.377. The minimum absolute atomic E-state index is 0.261. The fourth-order valence-corrected chi connectivity index (χ4v) is 2.20. The minimum atomic E-state index is -0.924. The Morgan fingerprint density at radius 1 is 1.05 bits per heavy atom. The largest absolute Gasteiger partial charge is 0.464 e. The molecule has 0 heterocycles. The van der Waals surface area contributed by atoms with E-state index in [0.29, 0.717) is 25.7 Å². The first kappa shape index (κ1) is 16.3. The van der Waals surface area contributed by atoms with Crippen molar-refractivity contribution in [3.05, 3.63) is 25.3 Å². The summed E-state index contributed by atoms with van der Waals surface area (Å²) in [7, 11) is 0. The van der Waals surface area contributed by atoms with E-state index < -0.39 is 11.6 Å². The molecular weight excluding hydrogens is 258 g/mol. The zero-order valence-corrected chi connectivity index (χ0v) is 11.9. The van der Waals surface area contributed by atoms with Gasteiger partial charge in [-0.2, -0.15) is 0 Å². The van der Waals surface area contributed by atoms with Crippen LogP contribution in [0.3, 0.4) is 0 Å². The van der Waals surface area contributed by atoms with Crippen LogP contribution in [0, 0.1) is 0 Å². The maximum Gasteiger partial charge on any atom is 0.408 e. The van der Waals surface area contributed by atoms with Crippen molar-refractivity contribution in [3.8, 4) is 0 Å². The normalized spacial score (nSPS) is 16.2. The lowest BCUT2D eigenvalue weighted by atomic mass is 9.98. The van der Waals surface area contributed by atoms with Crippen LogP contribution in [0.5, 0.6) is 0 Å². The maximum absolute atomic E-state index is 12.2. The highest BCUT2D eigenvalue weighted by Crippen LogP contribution is 2.31. The van der Waals surface area contributed by atoms with E-state index in [1.807, 2.05) is 0 Å². The number of hydrogen-bond donors (Lipinski definition) is 1. The van der Waals surface area contributed by atoms with Crippen molar-refractivity contribution < 1.29 is 19.1 Å². The average molecular weight is 281 g/mol. The van der Waals surface area contributed by atoms with Crippen LogP contribution >= 0.6 is 0 Å². The van der Waals surface area contributed by atoms with Gasteiger partial charge < -0.3 is 14.8 Å². The molecule has 0 aliphatic heterocycles. The van der Waals surface area contributed by atoms with E-state index in [4.69, 9.17) is 9.47 Å². The molecule has 1 saturated carbocycles. The Labute approximate surface area is 120 Å². The molecule has 0 saturated heterocycles. The predicted octanol–water partition coefficient (Wildman–Crippen LogP) is 2.72. The van der Waals surface area contributed by atoms with Crippen LogP contribution in [0.25, 0.3) is 0 Å². The summed E-state index contributed by atoms with van der Waals surface area (Å²) >= 11 is 0. The summed E-state index contributed by atoms with van der Waals surface area (Å²) in [5.41, 5.74) is -0.924. The summed E-state index contributed by atoms with van der Waals surface area (Å²) in [6, 6.07) is 0. The molecule has 0 spiro atoms. The monoisotopic (exact) mass is 281 g/mol. The summed E-state index contributed by atoms with van der Waals surface area (Å²) < 4.78 is 10.2. The number of rotatable bonds is 8. The lowest BCUT2D eigenvalue weighted by molar-refractivity contribution is -0.151. The van der Waals surface area contributed by atoms with Crippen molar-refractivity contribution in [3.63, 3.8) is 0 Å². The molecule has 1 aliphatic carbocycles. The molecule has 1 N–H and O–H groups in total. The second-order valence-corrected chi connectivity index (χ2v) is 4.84. The van der Waals surface area contributed by atoms with E-state index in [9.17, 15) is 9.59 Å². The fourth-order valence-electron chi connectivity index (χ4n) is 2.20. The molecule has 0 aromatic heterocycles. The molecule has 0 unspecified atom stereocenters. The fraction of sp³-hybridized carbons (Fsp3) is 0.600. The van der Waals surface area contributed by atoms with Crippen molar-refractivity contribution in [1.29, 1.82) is 0 Å². The topological polar surface area (TPSA) is 64.6 Å². The summed E-state index contributed by atoms with van der Waals surface area (Å²) in [5, 5.41) is 2.68. The van der Waals surface area contributed by atoms with Gasteiger partial charge in [0, 0.05) is 0 Å². The van der Waals surface area contributed by atoms with Crippen molar-refractivity contribution in [1.82, 2.24) is 5.32 Å². The predicted molar refractivity (Wildman–Crippen MR) is 76.3 cm³/mol. The zero-order chi connectivity index (χ0) is 14.8. The van der Waals surface area contributed by atoms with Gasteiger partial charge in [-0.1, -0.05) is 25.0 Å². The number of carbonyl (C=O) groups is 2. The number of amides is 1. The Balaban J connectivity index is 2.52. The molecule has 0 aromatic carbocycles. The van der Waals surface area contributed by atoms with Gasteiger partial charge >= 0.3 is 12.1 Å². The van der Waals surface area contributed by atoms with Crippen molar-refractivity contribution in [2.75, 3.05) is 13.2 Å². The highest BCUT2D eigenvalue weighted by molar-refractivity contribution is 5.86. The Kier molecular flexibility index (Phi) is 6.84. The van der Waals surface area contributed by atoms with Gasteiger partial charge in [-0.05, 0) is 25.7 Å². The molecule has 5 nitrogen and oxygen atoms in total. The third kappa shape index (κ3) is 4.72. The summed E-state index contributed by atoms with van der Waals surface area (Å²) in [6.07, 6.45) is 6.94. The highest BCUT2D eigenvalue weighted by atomic mass is 16.6. The Bertz CT molecular complexity index is 359. The van der Waals surface area contributed by atoms with E-state index in [2.05, 4.69) is 18.5 Å². The van der Waals surface area contributed by atoms with E-state index >= 15 is 0 Å². The van der Waals surface area contributed by atoms with Gasteiger partial charge in [-0.15, -0.1) is 13.2 Å². The number of nitrogens with one attached hydrogen (secondary N) is 1. The van der Waals surface area contributed by atoms with Gasteiger partial charge in [0.25, 0.3) is 0 Å². The van der Waals surface area contributed by atoms with Gasteiger partial charge in [0.05, 0.1) is 13.2 Å². The average Bonchev–Trinajstić information content (AvgIpc) is 2.89.